The highest BCUT2D eigenvalue weighted by atomic mass is 19.2. The smallest absolute Gasteiger partial charge is 0.201 e. The van der Waals surface area contributed by atoms with Gasteiger partial charge in [0.25, 0.3) is 0 Å². The van der Waals surface area contributed by atoms with Crippen LogP contribution in [0.4, 0.5) is 8.78 Å². The predicted molar refractivity (Wildman–Crippen MR) is 87.0 cm³/mol. The normalized spacial score (nSPS) is 18.2. The fourth-order valence-corrected chi connectivity index (χ4v) is 3.13. The van der Waals surface area contributed by atoms with Crippen LogP contribution in [0.25, 0.3) is 5.57 Å². The summed E-state index contributed by atoms with van der Waals surface area (Å²) >= 11 is 0. The van der Waals surface area contributed by atoms with Crippen LogP contribution in [0.1, 0.15) is 64.4 Å². The van der Waals surface area contributed by atoms with Crippen molar-refractivity contribution in [2.45, 2.75) is 58.8 Å². The predicted octanol–water partition coefficient (Wildman–Crippen LogP) is 6.13. The number of rotatable bonds is 7. The van der Waals surface area contributed by atoms with E-state index in [1.165, 1.54) is 31.7 Å². The number of halogens is 2. The number of benzene rings is 1. The van der Waals surface area contributed by atoms with Crippen molar-refractivity contribution in [3.8, 4) is 5.75 Å². The van der Waals surface area contributed by atoms with Gasteiger partial charge in [0.05, 0.1) is 6.61 Å². The molecule has 0 saturated heterocycles. The molecule has 0 radical (unpaired) electrons. The molecule has 1 aliphatic carbocycles. The molecule has 22 heavy (non-hydrogen) atoms. The number of hydrogen-bond donors (Lipinski definition) is 0. The lowest BCUT2D eigenvalue weighted by atomic mass is 9.83. The first-order valence-electron chi connectivity index (χ1n) is 8.47. The lowest BCUT2D eigenvalue weighted by molar-refractivity contribution is 0.314. The maximum atomic E-state index is 14.2. The summed E-state index contributed by atoms with van der Waals surface area (Å²) in [6, 6.07) is 3.18. The fourth-order valence-electron chi connectivity index (χ4n) is 3.13. The maximum absolute atomic E-state index is 14.2. The second-order valence-corrected chi connectivity index (χ2v) is 6.04. The van der Waals surface area contributed by atoms with Gasteiger partial charge in [-0.15, -0.1) is 0 Å². The molecule has 1 aliphatic rings. The molecule has 122 valence electrons. The van der Waals surface area contributed by atoms with Gasteiger partial charge in [-0.3, -0.25) is 0 Å². The SMILES string of the molecule is CCCCC[C@@H]1CC=C(c2ccc(OCC)c(F)c2F)CC1. The summed E-state index contributed by atoms with van der Waals surface area (Å²) in [5.41, 5.74) is 1.33. The molecule has 0 spiro atoms. The van der Waals surface area contributed by atoms with E-state index in [1.807, 2.05) is 0 Å². The van der Waals surface area contributed by atoms with E-state index in [2.05, 4.69) is 13.0 Å². The summed E-state index contributed by atoms with van der Waals surface area (Å²) in [5.74, 6) is -0.949. The molecule has 0 aromatic heterocycles. The van der Waals surface area contributed by atoms with Crippen molar-refractivity contribution in [1.29, 1.82) is 0 Å². The molecule has 1 aromatic carbocycles. The number of unbranched alkanes of at least 4 members (excludes halogenated alkanes) is 2. The Morgan fingerprint density at radius 1 is 1.14 bits per heavy atom. The van der Waals surface area contributed by atoms with Crippen LogP contribution < -0.4 is 4.74 Å². The molecule has 3 heteroatoms. The van der Waals surface area contributed by atoms with Gasteiger partial charge in [0, 0.05) is 5.56 Å². The van der Waals surface area contributed by atoms with Gasteiger partial charge in [0.2, 0.25) is 5.82 Å². The molecular weight excluding hydrogens is 282 g/mol. The van der Waals surface area contributed by atoms with E-state index in [4.69, 9.17) is 4.74 Å². The van der Waals surface area contributed by atoms with E-state index in [9.17, 15) is 8.78 Å². The highest BCUT2D eigenvalue weighted by molar-refractivity contribution is 5.67. The quantitative estimate of drug-likeness (QED) is 0.551. The van der Waals surface area contributed by atoms with E-state index in [0.717, 1.165) is 24.8 Å². The Kier molecular flexibility index (Phi) is 6.41. The van der Waals surface area contributed by atoms with Gasteiger partial charge in [-0.25, -0.2) is 4.39 Å². The number of ether oxygens (including phenoxy) is 1. The minimum absolute atomic E-state index is 0.00222. The van der Waals surface area contributed by atoms with Gasteiger partial charge in [0.1, 0.15) is 0 Å². The average molecular weight is 308 g/mol. The molecule has 1 nitrogen and oxygen atoms in total. The van der Waals surface area contributed by atoms with Gasteiger partial charge in [-0.1, -0.05) is 38.7 Å². The second-order valence-electron chi connectivity index (χ2n) is 6.04. The van der Waals surface area contributed by atoms with Crippen LogP contribution in [0.15, 0.2) is 18.2 Å². The highest BCUT2D eigenvalue weighted by Gasteiger charge is 2.20. The largest absolute Gasteiger partial charge is 0.491 e. The first-order valence-corrected chi connectivity index (χ1v) is 8.47. The third-order valence-corrected chi connectivity index (χ3v) is 4.43. The molecule has 0 aliphatic heterocycles. The zero-order valence-electron chi connectivity index (χ0n) is 13.6. The van der Waals surface area contributed by atoms with E-state index in [1.54, 1.807) is 13.0 Å². The maximum Gasteiger partial charge on any atom is 0.201 e. The van der Waals surface area contributed by atoms with Crippen LogP contribution in [0, 0.1) is 17.6 Å². The van der Waals surface area contributed by atoms with Gasteiger partial charge < -0.3 is 4.74 Å². The summed E-state index contributed by atoms with van der Waals surface area (Å²) in [5, 5.41) is 0. The van der Waals surface area contributed by atoms with Gasteiger partial charge in [-0.2, -0.15) is 4.39 Å². The summed E-state index contributed by atoms with van der Waals surface area (Å²) in [6.07, 6.45) is 10.0. The van der Waals surface area contributed by atoms with Crippen LogP contribution in [-0.4, -0.2) is 6.61 Å². The molecule has 0 bridgehead atoms. The summed E-state index contributed by atoms with van der Waals surface area (Å²) in [6.45, 7) is 4.30. The summed E-state index contributed by atoms with van der Waals surface area (Å²) < 4.78 is 33.3. The molecule has 0 fully saturated rings. The Hall–Kier alpha value is -1.38. The van der Waals surface area contributed by atoms with Crippen molar-refractivity contribution in [2.75, 3.05) is 6.61 Å². The first-order chi connectivity index (χ1) is 10.7. The minimum Gasteiger partial charge on any atom is -0.491 e. The van der Waals surface area contributed by atoms with Crippen molar-refractivity contribution < 1.29 is 13.5 Å². The molecule has 0 amide bonds. The standard InChI is InChI=1S/C19H26F2O/c1-3-5-6-7-14-8-10-15(11-9-14)16-12-13-17(22-4-2)19(21)18(16)20/h10,12-14H,3-9,11H2,1-2H3/t14-/m1/s1. The lowest BCUT2D eigenvalue weighted by Gasteiger charge is -2.22. The van der Waals surface area contributed by atoms with E-state index >= 15 is 0 Å². The van der Waals surface area contributed by atoms with Crippen LogP contribution in [0.5, 0.6) is 5.75 Å². The molecule has 0 unspecified atom stereocenters. The summed E-state index contributed by atoms with van der Waals surface area (Å²) in [7, 11) is 0. The van der Waals surface area contributed by atoms with Crippen molar-refractivity contribution in [3.05, 3.63) is 35.4 Å². The molecule has 0 saturated carbocycles. The van der Waals surface area contributed by atoms with Crippen LogP contribution in [-0.2, 0) is 0 Å². The van der Waals surface area contributed by atoms with Gasteiger partial charge >= 0.3 is 0 Å². The Balaban J connectivity index is 2.05. The average Bonchev–Trinajstić information content (AvgIpc) is 2.53. The fraction of sp³-hybridized carbons (Fsp3) is 0.579. The Morgan fingerprint density at radius 2 is 1.95 bits per heavy atom. The third-order valence-electron chi connectivity index (χ3n) is 4.43. The molecular formula is C19H26F2O. The summed E-state index contributed by atoms with van der Waals surface area (Å²) in [4.78, 5) is 0. The monoisotopic (exact) mass is 308 g/mol. The zero-order chi connectivity index (χ0) is 15.9. The van der Waals surface area contributed by atoms with Crippen molar-refractivity contribution >= 4 is 5.57 Å². The minimum atomic E-state index is -0.870. The molecule has 0 N–H and O–H groups in total. The van der Waals surface area contributed by atoms with E-state index < -0.39 is 11.6 Å². The Morgan fingerprint density at radius 3 is 2.59 bits per heavy atom. The molecule has 1 aromatic rings. The van der Waals surface area contributed by atoms with Crippen molar-refractivity contribution in [3.63, 3.8) is 0 Å². The first kappa shape index (κ1) is 17.0. The Labute approximate surface area is 132 Å². The van der Waals surface area contributed by atoms with E-state index in [0.29, 0.717) is 18.1 Å². The van der Waals surface area contributed by atoms with Crippen LogP contribution in [0.3, 0.4) is 0 Å². The lowest BCUT2D eigenvalue weighted by Crippen LogP contribution is -2.07. The highest BCUT2D eigenvalue weighted by Crippen LogP contribution is 2.35. The number of allylic oxidation sites excluding steroid dienone is 2. The Bertz CT molecular complexity index is 522. The molecule has 0 heterocycles. The van der Waals surface area contributed by atoms with Gasteiger partial charge in [-0.05, 0) is 49.8 Å². The van der Waals surface area contributed by atoms with E-state index in [-0.39, 0.29) is 5.75 Å². The van der Waals surface area contributed by atoms with Crippen molar-refractivity contribution in [2.24, 2.45) is 5.92 Å². The zero-order valence-corrected chi connectivity index (χ0v) is 13.6. The van der Waals surface area contributed by atoms with Crippen LogP contribution >= 0.6 is 0 Å². The molecule has 2 rings (SSSR count). The number of hydrogen-bond acceptors (Lipinski definition) is 1. The second kappa shape index (κ2) is 8.30. The topological polar surface area (TPSA) is 9.23 Å². The third kappa shape index (κ3) is 4.08. The van der Waals surface area contributed by atoms with Gasteiger partial charge in [0.15, 0.2) is 11.6 Å². The molecule has 1 atom stereocenters. The van der Waals surface area contributed by atoms with Crippen LogP contribution in [0.2, 0.25) is 0 Å². The van der Waals surface area contributed by atoms with Crippen molar-refractivity contribution in [1.82, 2.24) is 0 Å².